The Morgan fingerprint density at radius 1 is 1.21 bits per heavy atom. The summed E-state index contributed by atoms with van der Waals surface area (Å²) < 4.78 is 6.63. The summed E-state index contributed by atoms with van der Waals surface area (Å²) in [5, 5.41) is 3.30. The van der Waals surface area contributed by atoms with Crippen molar-refractivity contribution in [1.29, 1.82) is 0 Å². The van der Waals surface area contributed by atoms with E-state index in [4.69, 9.17) is 10.5 Å². The van der Waals surface area contributed by atoms with E-state index >= 15 is 0 Å². The molecule has 0 atom stereocenters. The van der Waals surface area contributed by atoms with Crippen LogP contribution in [0.4, 0.5) is 11.4 Å². The number of nitrogens with one attached hydrogen (secondary N) is 1. The molecule has 19 heavy (non-hydrogen) atoms. The Morgan fingerprint density at radius 2 is 2.05 bits per heavy atom. The Labute approximate surface area is 121 Å². The van der Waals surface area contributed by atoms with Crippen LogP contribution in [0.25, 0.3) is 0 Å². The number of ether oxygens (including phenoxy) is 1. The van der Waals surface area contributed by atoms with Gasteiger partial charge in [0.1, 0.15) is 12.4 Å². The Balaban J connectivity index is 1.81. The summed E-state index contributed by atoms with van der Waals surface area (Å²) in [7, 11) is 0. The molecule has 0 saturated heterocycles. The molecule has 0 bridgehead atoms. The number of hydrogen-bond donors (Lipinski definition) is 2. The third kappa shape index (κ3) is 4.17. The molecule has 0 saturated carbocycles. The van der Waals surface area contributed by atoms with Crippen LogP contribution in [0.5, 0.6) is 5.75 Å². The van der Waals surface area contributed by atoms with E-state index in [1.165, 1.54) is 5.56 Å². The number of benzene rings is 2. The lowest BCUT2D eigenvalue weighted by Gasteiger charge is -2.10. The second-order valence-electron chi connectivity index (χ2n) is 4.33. The van der Waals surface area contributed by atoms with Crippen molar-refractivity contribution in [3.05, 3.63) is 52.5 Å². The monoisotopic (exact) mass is 320 g/mol. The summed E-state index contributed by atoms with van der Waals surface area (Å²) in [5.74, 6) is 0.901. The van der Waals surface area contributed by atoms with Gasteiger partial charge < -0.3 is 15.8 Å². The molecule has 2 aromatic carbocycles. The largest absolute Gasteiger partial charge is 0.492 e. The van der Waals surface area contributed by atoms with Crippen LogP contribution >= 0.6 is 15.9 Å². The van der Waals surface area contributed by atoms with Gasteiger partial charge in [0.2, 0.25) is 0 Å². The van der Waals surface area contributed by atoms with Crippen LogP contribution in [0.15, 0.2) is 46.9 Å². The molecule has 3 N–H and O–H groups in total. The van der Waals surface area contributed by atoms with E-state index in [0.717, 1.165) is 28.1 Å². The lowest BCUT2D eigenvalue weighted by atomic mass is 10.2. The first-order valence-electron chi connectivity index (χ1n) is 6.13. The molecule has 4 heteroatoms. The average Bonchev–Trinajstić information content (AvgIpc) is 2.37. The number of rotatable bonds is 5. The van der Waals surface area contributed by atoms with Crippen LogP contribution in [0.2, 0.25) is 0 Å². The summed E-state index contributed by atoms with van der Waals surface area (Å²) in [5.41, 5.74) is 8.65. The van der Waals surface area contributed by atoms with Crippen molar-refractivity contribution in [3.63, 3.8) is 0 Å². The number of nitrogen functional groups attached to an aromatic ring is 1. The number of halogens is 1. The van der Waals surface area contributed by atoms with Crippen molar-refractivity contribution >= 4 is 27.3 Å². The van der Waals surface area contributed by atoms with Gasteiger partial charge in [-0.15, -0.1) is 0 Å². The van der Waals surface area contributed by atoms with Crippen LogP contribution < -0.4 is 15.8 Å². The first kappa shape index (κ1) is 13.7. The van der Waals surface area contributed by atoms with Gasteiger partial charge in [0.15, 0.2) is 0 Å². The Kier molecular flexibility index (Phi) is 4.68. The number of hydrogen-bond acceptors (Lipinski definition) is 3. The van der Waals surface area contributed by atoms with Crippen molar-refractivity contribution in [2.45, 2.75) is 6.92 Å². The van der Waals surface area contributed by atoms with Crippen molar-refractivity contribution in [2.75, 3.05) is 24.2 Å². The topological polar surface area (TPSA) is 47.3 Å². The van der Waals surface area contributed by atoms with Gasteiger partial charge in [-0.3, -0.25) is 0 Å². The molecule has 0 fully saturated rings. The highest BCUT2D eigenvalue weighted by Gasteiger charge is 1.99. The standard InChI is InChI=1S/C15H17BrN2O/c1-11-3-2-4-13(9-11)19-8-7-18-15-6-5-12(17)10-14(15)16/h2-6,9-10,18H,7-8,17H2,1H3. The van der Waals surface area contributed by atoms with Gasteiger partial charge in [-0.25, -0.2) is 0 Å². The number of aryl methyl sites for hydroxylation is 1. The van der Waals surface area contributed by atoms with Crippen molar-refractivity contribution < 1.29 is 4.74 Å². The highest BCUT2D eigenvalue weighted by atomic mass is 79.9. The second kappa shape index (κ2) is 6.48. The quantitative estimate of drug-likeness (QED) is 0.650. The summed E-state index contributed by atoms with van der Waals surface area (Å²) in [6.45, 7) is 3.40. The lowest BCUT2D eigenvalue weighted by molar-refractivity contribution is 0.332. The van der Waals surface area contributed by atoms with E-state index in [1.54, 1.807) is 0 Å². The molecule has 100 valence electrons. The lowest BCUT2D eigenvalue weighted by Crippen LogP contribution is -2.11. The van der Waals surface area contributed by atoms with E-state index in [1.807, 2.05) is 36.4 Å². The Bertz CT molecular complexity index is 558. The fourth-order valence-electron chi connectivity index (χ4n) is 1.73. The summed E-state index contributed by atoms with van der Waals surface area (Å²) >= 11 is 3.47. The van der Waals surface area contributed by atoms with Crippen LogP contribution in [0, 0.1) is 6.92 Å². The Morgan fingerprint density at radius 3 is 2.79 bits per heavy atom. The van der Waals surface area contributed by atoms with Crippen LogP contribution in [-0.2, 0) is 0 Å². The predicted molar refractivity (Wildman–Crippen MR) is 83.7 cm³/mol. The molecule has 0 aliphatic carbocycles. The smallest absolute Gasteiger partial charge is 0.119 e. The van der Waals surface area contributed by atoms with E-state index in [9.17, 15) is 0 Å². The zero-order valence-corrected chi connectivity index (χ0v) is 12.4. The van der Waals surface area contributed by atoms with Gasteiger partial charge in [-0.1, -0.05) is 12.1 Å². The number of anilines is 2. The van der Waals surface area contributed by atoms with E-state index in [-0.39, 0.29) is 0 Å². The SMILES string of the molecule is Cc1cccc(OCCNc2ccc(N)cc2Br)c1. The van der Waals surface area contributed by atoms with E-state index in [0.29, 0.717) is 6.61 Å². The maximum absolute atomic E-state index is 5.69. The maximum Gasteiger partial charge on any atom is 0.119 e. The first-order chi connectivity index (χ1) is 9.15. The molecule has 3 nitrogen and oxygen atoms in total. The van der Waals surface area contributed by atoms with Gasteiger partial charge in [-0.05, 0) is 58.7 Å². The summed E-state index contributed by atoms with van der Waals surface area (Å²) in [6.07, 6.45) is 0. The molecule has 0 spiro atoms. The molecular weight excluding hydrogens is 304 g/mol. The van der Waals surface area contributed by atoms with Crippen molar-refractivity contribution in [2.24, 2.45) is 0 Å². The van der Waals surface area contributed by atoms with Crippen molar-refractivity contribution in [3.8, 4) is 5.75 Å². The third-order valence-corrected chi connectivity index (χ3v) is 3.33. The fraction of sp³-hybridized carbons (Fsp3) is 0.200. The first-order valence-corrected chi connectivity index (χ1v) is 6.93. The van der Waals surface area contributed by atoms with Crippen LogP contribution in [0.3, 0.4) is 0 Å². The maximum atomic E-state index is 5.69. The molecule has 0 aromatic heterocycles. The van der Waals surface area contributed by atoms with Gasteiger partial charge in [0, 0.05) is 22.4 Å². The molecule has 2 aromatic rings. The van der Waals surface area contributed by atoms with Crippen molar-refractivity contribution in [1.82, 2.24) is 0 Å². The molecule has 0 amide bonds. The summed E-state index contributed by atoms with van der Waals surface area (Å²) in [6, 6.07) is 13.7. The molecule has 0 aliphatic rings. The van der Waals surface area contributed by atoms with Crippen LogP contribution in [-0.4, -0.2) is 13.2 Å². The molecule has 0 radical (unpaired) electrons. The second-order valence-corrected chi connectivity index (χ2v) is 5.19. The molecule has 0 heterocycles. The van der Waals surface area contributed by atoms with E-state index < -0.39 is 0 Å². The molecule has 0 unspecified atom stereocenters. The normalized spacial score (nSPS) is 10.2. The van der Waals surface area contributed by atoms with Gasteiger partial charge in [0.05, 0.1) is 0 Å². The number of nitrogens with two attached hydrogens (primary N) is 1. The fourth-order valence-corrected chi connectivity index (χ4v) is 2.27. The minimum Gasteiger partial charge on any atom is -0.492 e. The van der Waals surface area contributed by atoms with Gasteiger partial charge >= 0.3 is 0 Å². The Hall–Kier alpha value is -1.68. The molecule has 2 rings (SSSR count). The third-order valence-electron chi connectivity index (χ3n) is 2.67. The highest BCUT2D eigenvalue weighted by molar-refractivity contribution is 9.10. The van der Waals surface area contributed by atoms with Crippen LogP contribution in [0.1, 0.15) is 5.56 Å². The highest BCUT2D eigenvalue weighted by Crippen LogP contribution is 2.24. The van der Waals surface area contributed by atoms with Gasteiger partial charge in [0.25, 0.3) is 0 Å². The molecule has 0 aliphatic heterocycles. The molecular formula is C15H17BrN2O. The zero-order valence-electron chi connectivity index (χ0n) is 10.8. The minimum absolute atomic E-state index is 0.611. The summed E-state index contributed by atoms with van der Waals surface area (Å²) in [4.78, 5) is 0. The van der Waals surface area contributed by atoms with E-state index in [2.05, 4.69) is 34.2 Å². The predicted octanol–water partition coefficient (Wildman–Crippen LogP) is 3.83. The zero-order chi connectivity index (χ0) is 13.7. The minimum atomic E-state index is 0.611. The van der Waals surface area contributed by atoms with Gasteiger partial charge in [-0.2, -0.15) is 0 Å². The average molecular weight is 321 g/mol.